The number of rotatable bonds is 11. The minimum absolute atomic E-state index is 0.0148. The lowest BCUT2D eigenvalue weighted by atomic mass is 9.96. The predicted molar refractivity (Wildman–Crippen MR) is 193 cm³/mol. The van der Waals surface area contributed by atoms with E-state index < -0.39 is 29.4 Å². The van der Waals surface area contributed by atoms with Crippen LogP contribution in [-0.2, 0) is 17.9 Å². The van der Waals surface area contributed by atoms with Crippen molar-refractivity contribution < 1.29 is 18.4 Å². The fourth-order valence-corrected chi connectivity index (χ4v) is 7.79. The van der Waals surface area contributed by atoms with Gasteiger partial charge in [-0.25, -0.2) is 22.9 Å². The number of thiophene rings is 1. The van der Waals surface area contributed by atoms with E-state index in [0.717, 1.165) is 16.6 Å². The molecule has 4 aromatic rings. The number of allylic oxidation sites excluding steroid dienone is 4. The van der Waals surface area contributed by atoms with Gasteiger partial charge in [-0.05, 0) is 67.8 Å². The number of likely N-dealkylation sites (N-methyl/N-ethyl adjacent to an activating group) is 1. The number of benzene rings is 2. The van der Waals surface area contributed by atoms with Crippen LogP contribution in [0.4, 0.5) is 19.3 Å². The van der Waals surface area contributed by atoms with Crippen LogP contribution in [0, 0.1) is 5.92 Å². The number of anilines is 1. The lowest BCUT2D eigenvalue weighted by molar-refractivity contribution is -0.127. The fourth-order valence-electron chi connectivity index (χ4n) is 6.48. The van der Waals surface area contributed by atoms with Gasteiger partial charge >= 0.3 is 11.7 Å². The first-order chi connectivity index (χ1) is 24.0. The SMILES string of the molecule is CCNC(=O)Nc1ccc(-c2sc3c(c2CN(C)CCN2CCCC2=O)c(=O)n(-c2ccccc2)c(=O)n3CC2=C(F)CC(C)C=C2F)cc1. The van der Waals surface area contributed by atoms with Gasteiger partial charge in [-0.1, -0.05) is 37.3 Å². The first-order valence-corrected chi connectivity index (χ1v) is 17.6. The second kappa shape index (κ2) is 14.9. The molecule has 0 radical (unpaired) electrons. The molecule has 50 heavy (non-hydrogen) atoms. The number of carbonyl (C=O) groups is 2. The molecule has 262 valence electrons. The molecular weight excluding hydrogens is 663 g/mol. The highest BCUT2D eigenvalue weighted by atomic mass is 32.1. The maximum atomic E-state index is 15.4. The minimum Gasteiger partial charge on any atom is -0.341 e. The number of amides is 3. The molecule has 0 bridgehead atoms. The van der Waals surface area contributed by atoms with Gasteiger partial charge in [0.1, 0.15) is 16.5 Å². The summed E-state index contributed by atoms with van der Waals surface area (Å²) in [6, 6.07) is 15.3. The number of urea groups is 1. The number of nitrogens with zero attached hydrogens (tertiary/aromatic N) is 4. The summed E-state index contributed by atoms with van der Waals surface area (Å²) in [5.74, 6) is -1.55. The van der Waals surface area contributed by atoms with Crippen molar-refractivity contribution in [2.75, 3.05) is 38.5 Å². The molecule has 6 rings (SSSR count). The average Bonchev–Trinajstić information content (AvgIpc) is 3.67. The number of likely N-dealkylation sites (tertiary alicyclic amines) is 1. The molecule has 0 saturated carbocycles. The van der Waals surface area contributed by atoms with Crippen molar-refractivity contribution in [1.29, 1.82) is 0 Å². The van der Waals surface area contributed by atoms with Crippen molar-refractivity contribution in [1.82, 2.24) is 24.3 Å². The predicted octanol–water partition coefficient (Wildman–Crippen LogP) is 6.19. The second-order valence-electron chi connectivity index (χ2n) is 12.8. The molecule has 2 aromatic carbocycles. The summed E-state index contributed by atoms with van der Waals surface area (Å²) in [6.07, 6.45) is 2.74. The topological polar surface area (TPSA) is 109 Å². The average molecular weight is 703 g/mol. The number of carbonyl (C=O) groups excluding carboxylic acids is 2. The Labute approximate surface area is 292 Å². The number of hydrogen-bond acceptors (Lipinski definition) is 6. The minimum atomic E-state index is -0.720. The summed E-state index contributed by atoms with van der Waals surface area (Å²) < 4.78 is 33.0. The third kappa shape index (κ3) is 7.19. The highest BCUT2D eigenvalue weighted by Gasteiger charge is 2.28. The first-order valence-electron chi connectivity index (χ1n) is 16.8. The smallest absolute Gasteiger partial charge is 0.337 e. The zero-order chi connectivity index (χ0) is 35.5. The van der Waals surface area contributed by atoms with Gasteiger partial charge < -0.3 is 20.4 Å². The molecule has 13 heteroatoms. The lowest BCUT2D eigenvalue weighted by Gasteiger charge is -2.22. The molecule has 2 aromatic heterocycles. The highest BCUT2D eigenvalue weighted by molar-refractivity contribution is 7.22. The first kappa shape index (κ1) is 35.0. The molecule has 3 amide bonds. The van der Waals surface area contributed by atoms with Crippen LogP contribution in [0.2, 0.25) is 0 Å². The quantitative estimate of drug-likeness (QED) is 0.194. The molecule has 0 spiro atoms. The molecule has 1 aliphatic carbocycles. The number of aromatic nitrogens is 2. The Kier molecular flexibility index (Phi) is 10.4. The maximum absolute atomic E-state index is 15.4. The van der Waals surface area contributed by atoms with Gasteiger partial charge in [0.05, 0.1) is 17.6 Å². The zero-order valence-electron chi connectivity index (χ0n) is 28.3. The molecule has 1 fully saturated rings. The molecule has 1 atom stereocenters. The Morgan fingerprint density at radius 2 is 1.80 bits per heavy atom. The Morgan fingerprint density at radius 3 is 2.46 bits per heavy atom. The summed E-state index contributed by atoms with van der Waals surface area (Å²) in [4.78, 5) is 58.1. The van der Waals surface area contributed by atoms with Crippen LogP contribution in [0.15, 0.2) is 87.5 Å². The van der Waals surface area contributed by atoms with Crippen molar-refractivity contribution >= 4 is 39.2 Å². The Balaban J connectivity index is 1.53. The third-order valence-electron chi connectivity index (χ3n) is 9.04. The highest BCUT2D eigenvalue weighted by Crippen LogP contribution is 2.39. The molecule has 2 aliphatic rings. The molecule has 2 N–H and O–H groups in total. The number of hydrogen-bond donors (Lipinski definition) is 2. The van der Waals surface area contributed by atoms with E-state index in [1.165, 1.54) is 22.0 Å². The van der Waals surface area contributed by atoms with Crippen molar-refractivity contribution in [3.63, 3.8) is 0 Å². The van der Waals surface area contributed by atoms with Gasteiger partial charge in [0.2, 0.25) is 5.91 Å². The van der Waals surface area contributed by atoms with Gasteiger partial charge in [-0.3, -0.25) is 14.2 Å². The standard InChI is InChI=1S/C37H40F2N6O4S/c1-4-40-36(48)41-25-14-12-24(13-15-25)33-28(21-42(3)17-18-43-16-8-11-31(43)46)32-34(47)45(26-9-6-5-7-10-26)37(49)44(35(32)50-33)22-27-29(38)19-23(2)20-30(27)39/h5-7,9-10,12-15,19,23H,4,8,11,16-18,20-22H2,1-3H3,(H2,40,41,48). The largest absolute Gasteiger partial charge is 0.341 e. The summed E-state index contributed by atoms with van der Waals surface area (Å²) in [5.41, 5.74) is 0.826. The van der Waals surface area contributed by atoms with Crippen LogP contribution in [-0.4, -0.2) is 64.1 Å². The summed E-state index contributed by atoms with van der Waals surface area (Å²) in [5, 5.41) is 5.75. The Hall–Kier alpha value is -4.88. The Morgan fingerprint density at radius 1 is 1.06 bits per heavy atom. The van der Waals surface area contributed by atoms with E-state index in [-0.39, 0.29) is 35.2 Å². The van der Waals surface area contributed by atoms with Gasteiger partial charge in [-0.15, -0.1) is 11.3 Å². The molecule has 1 unspecified atom stereocenters. The van der Waals surface area contributed by atoms with Gasteiger partial charge in [0.15, 0.2) is 0 Å². The maximum Gasteiger partial charge on any atom is 0.337 e. The van der Waals surface area contributed by atoms with Gasteiger partial charge in [-0.2, -0.15) is 0 Å². The summed E-state index contributed by atoms with van der Waals surface area (Å²) in [6.45, 7) is 5.69. The Bertz CT molecular complexity index is 2100. The van der Waals surface area contributed by atoms with Gasteiger partial charge in [0, 0.05) is 61.7 Å². The van der Waals surface area contributed by atoms with Crippen LogP contribution in [0.3, 0.4) is 0 Å². The fraction of sp³-hybridized carbons (Fsp3) is 0.351. The van der Waals surface area contributed by atoms with Crippen molar-refractivity contribution in [3.05, 3.63) is 104 Å². The van der Waals surface area contributed by atoms with Crippen LogP contribution in [0.1, 0.15) is 38.7 Å². The number of fused-ring (bicyclic) bond motifs is 1. The van der Waals surface area contributed by atoms with E-state index >= 15 is 8.78 Å². The number of para-hydroxylation sites is 1. The molecule has 1 aliphatic heterocycles. The summed E-state index contributed by atoms with van der Waals surface area (Å²) in [7, 11) is 1.91. The number of halogens is 2. The molecule has 3 heterocycles. The van der Waals surface area contributed by atoms with E-state index in [4.69, 9.17) is 0 Å². The lowest BCUT2D eigenvalue weighted by Crippen LogP contribution is -2.39. The van der Waals surface area contributed by atoms with Crippen LogP contribution >= 0.6 is 11.3 Å². The van der Waals surface area contributed by atoms with Crippen LogP contribution < -0.4 is 21.9 Å². The van der Waals surface area contributed by atoms with Crippen LogP contribution in [0.25, 0.3) is 26.3 Å². The van der Waals surface area contributed by atoms with E-state index in [1.54, 1.807) is 49.4 Å². The number of nitrogens with one attached hydrogen (secondary N) is 2. The van der Waals surface area contributed by atoms with E-state index in [0.29, 0.717) is 65.8 Å². The zero-order valence-corrected chi connectivity index (χ0v) is 29.1. The van der Waals surface area contributed by atoms with Crippen molar-refractivity contribution in [3.8, 4) is 16.1 Å². The third-order valence-corrected chi connectivity index (χ3v) is 10.3. The van der Waals surface area contributed by atoms with Crippen molar-refractivity contribution in [2.45, 2.75) is 46.2 Å². The normalized spacial score (nSPS) is 16.4. The van der Waals surface area contributed by atoms with Gasteiger partial charge in [0.25, 0.3) is 5.56 Å². The second-order valence-corrected chi connectivity index (χ2v) is 13.8. The van der Waals surface area contributed by atoms with Crippen LogP contribution in [0.5, 0.6) is 0 Å². The monoisotopic (exact) mass is 702 g/mol. The van der Waals surface area contributed by atoms with E-state index in [1.807, 2.05) is 35.9 Å². The molecular formula is C37H40F2N6O4S. The van der Waals surface area contributed by atoms with E-state index in [2.05, 4.69) is 10.6 Å². The molecule has 10 nitrogen and oxygen atoms in total. The molecule has 1 saturated heterocycles. The summed E-state index contributed by atoms with van der Waals surface area (Å²) >= 11 is 1.21. The van der Waals surface area contributed by atoms with E-state index in [9.17, 15) is 19.2 Å². The van der Waals surface area contributed by atoms with Crippen molar-refractivity contribution in [2.24, 2.45) is 5.92 Å².